The van der Waals surface area contributed by atoms with Crippen LogP contribution in [0.15, 0.2) is 48.5 Å². The summed E-state index contributed by atoms with van der Waals surface area (Å²) in [6, 6.07) is 16.7. The van der Waals surface area contributed by atoms with Crippen LogP contribution in [0.25, 0.3) is 10.9 Å². The van der Waals surface area contributed by atoms with Gasteiger partial charge in [0.15, 0.2) is 5.78 Å². The summed E-state index contributed by atoms with van der Waals surface area (Å²) in [6.45, 7) is 8.72. The first-order chi connectivity index (χ1) is 20.9. The van der Waals surface area contributed by atoms with Crippen molar-refractivity contribution in [1.29, 1.82) is 0 Å². The largest absolute Gasteiger partial charge is 0.487 e. The lowest BCUT2D eigenvalue weighted by Gasteiger charge is -2.40. The number of likely N-dealkylation sites (tertiary alicyclic amines) is 3. The quantitative estimate of drug-likeness (QED) is 0.186. The molecule has 0 aliphatic carbocycles. The highest BCUT2D eigenvalue weighted by atomic mass is 35.5. The van der Waals surface area contributed by atoms with Crippen molar-refractivity contribution in [1.82, 2.24) is 14.4 Å². The maximum atomic E-state index is 14.2. The number of Topliss-reactive ketones (excluding diaryl/α,β-unsaturated/α-hetero) is 1. The molecule has 0 amide bonds. The van der Waals surface area contributed by atoms with Gasteiger partial charge in [0.1, 0.15) is 12.4 Å². The van der Waals surface area contributed by atoms with E-state index in [4.69, 9.17) is 16.3 Å². The van der Waals surface area contributed by atoms with Crippen molar-refractivity contribution in [2.24, 2.45) is 5.92 Å². The van der Waals surface area contributed by atoms with Crippen molar-refractivity contribution in [3.05, 3.63) is 64.8 Å². The number of benzene rings is 2. The van der Waals surface area contributed by atoms with Crippen LogP contribution < -0.4 is 4.74 Å². The van der Waals surface area contributed by atoms with E-state index in [1.54, 1.807) is 0 Å². The Morgan fingerprint density at radius 2 is 1.60 bits per heavy atom. The third kappa shape index (κ3) is 7.47. The van der Waals surface area contributed by atoms with Crippen molar-refractivity contribution < 1.29 is 14.0 Å². The van der Waals surface area contributed by atoms with Gasteiger partial charge >= 0.3 is 0 Å². The SMILES string of the molecule is C[N+]1(C)CCC(CCn2c(COc3ccc(Cl)cc3)c(C(=O)CN3CCC(N4CCCCC4)CC3)c3ccccc32)CC1. The third-order valence-electron chi connectivity index (χ3n) is 10.4. The Morgan fingerprint density at radius 1 is 0.907 bits per heavy atom. The molecule has 3 aliphatic rings. The van der Waals surface area contributed by atoms with Crippen molar-refractivity contribution >= 4 is 28.3 Å². The molecule has 3 aromatic rings. The number of aryl methyl sites for hydroxylation is 1. The average Bonchev–Trinajstić information content (AvgIpc) is 3.34. The van der Waals surface area contributed by atoms with Gasteiger partial charge in [0.2, 0.25) is 0 Å². The third-order valence-corrected chi connectivity index (χ3v) is 10.7. The molecular formula is C36H50ClN4O2+. The van der Waals surface area contributed by atoms with Gasteiger partial charge in [-0.25, -0.2) is 0 Å². The minimum atomic E-state index is 0.220. The number of hydrogen-bond acceptors (Lipinski definition) is 4. The standard InChI is InChI=1S/C36H50ClN4O2/c1-41(2)24-17-28(18-25-41)14-23-40-33-9-5-4-8-32(33)36(34(40)27-43-31-12-10-29(37)11-13-31)35(42)26-38-21-15-30(16-22-38)39-19-6-3-7-20-39/h4-5,8-13,28,30H,3,6-7,14-27H2,1-2H3/q+1. The van der Waals surface area contributed by atoms with E-state index in [0.29, 0.717) is 24.2 Å². The number of fused-ring (bicyclic) bond motifs is 1. The Kier molecular flexibility index (Phi) is 9.78. The summed E-state index contributed by atoms with van der Waals surface area (Å²) in [5.41, 5.74) is 3.01. The van der Waals surface area contributed by atoms with Gasteiger partial charge in [-0.1, -0.05) is 36.2 Å². The Labute approximate surface area is 263 Å². The summed E-state index contributed by atoms with van der Waals surface area (Å²) in [7, 11) is 4.69. The zero-order valence-electron chi connectivity index (χ0n) is 26.3. The molecule has 2 aromatic carbocycles. The average molecular weight is 606 g/mol. The maximum absolute atomic E-state index is 14.2. The molecule has 6 rings (SSSR count). The van der Waals surface area contributed by atoms with Crippen LogP contribution in [0.2, 0.25) is 5.02 Å². The molecule has 0 saturated carbocycles. The van der Waals surface area contributed by atoms with Crippen LogP contribution in [0.4, 0.5) is 0 Å². The normalized spacial score (nSPS) is 20.9. The molecule has 3 aliphatic heterocycles. The minimum absolute atomic E-state index is 0.220. The van der Waals surface area contributed by atoms with Gasteiger partial charge in [-0.2, -0.15) is 0 Å². The number of rotatable bonds is 10. The number of carbonyl (C=O) groups excluding carboxylic acids is 1. The second-order valence-corrected chi connectivity index (χ2v) is 14.3. The summed E-state index contributed by atoms with van der Waals surface area (Å²) >= 11 is 6.14. The number of hydrogen-bond donors (Lipinski definition) is 0. The van der Waals surface area contributed by atoms with E-state index in [0.717, 1.165) is 64.4 Å². The van der Waals surface area contributed by atoms with Gasteiger partial charge in [0.05, 0.1) is 45.0 Å². The minimum Gasteiger partial charge on any atom is -0.487 e. The van der Waals surface area contributed by atoms with Crippen molar-refractivity contribution in [2.75, 3.05) is 59.9 Å². The number of quaternary nitrogens is 1. The molecule has 0 N–H and O–H groups in total. The molecule has 43 heavy (non-hydrogen) atoms. The van der Waals surface area contributed by atoms with Crippen LogP contribution in [0, 0.1) is 5.92 Å². The van der Waals surface area contributed by atoms with E-state index in [-0.39, 0.29) is 5.78 Å². The molecule has 0 unspecified atom stereocenters. The Hall–Kier alpha value is -2.38. The zero-order valence-corrected chi connectivity index (χ0v) is 27.0. The van der Waals surface area contributed by atoms with Crippen molar-refractivity contribution in [3.63, 3.8) is 0 Å². The number of carbonyl (C=O) groups is 1. The monoisotopic (exact) mass is 605 g/mol. The number of nitrogens with zero attached hydrogens (tertiary/aromatic N) is 4. The molecule has 0 atom stereocenters. The molecule has 232 valence electrons. The first-order valence-corrected chi connectivity index (χ1v) is 17.0. The number of ketones is 1. The molecule has 1 aromatic heterocycles. The van der Waals surface area contributed by atoms with E-state index < -0.39 is 0 Å². The van der Waals surface area contributed by atoms with Gasteiger partial charge in [-0.05, 0) is 94.3 Å². The Morgan fingerprint density at radius 3 is 2.33 bits per heavy atom. The first kappa shape index (κ1) is 30.6. The Bertz CT molecular complexity index is 1360. The summed E-state index contributed by atoms with van der Waals surface area (Å²) in [4.78, 5) is 19.3. The van der Waals surface area contributed by atoms with Gasteiger partial charge in [-0.15, -0.1) is 0 Å². The van der Waals surface area contributed by atoms with E-state index >= 15 is 0 Å². The fourth-order valence-electron chi connectivity index (χ4n) is 7.68. The molecule has 3 saturated heterocycles. The van der Waals surface area contributed by atoms with Crippen molar-refractivity contribution in [2.45, 2.75) is 70.6 Å². The summed E-state index contributed by atoms with van der Waals surface area (Å²) in [5.74, 6) is 1.71. The summed E-state index contributed by atoms with van der Waals surface area (Å²) in [6.07, 6.45) is 10.0. The molecular weight excluding hydrogens is 556 g/mol. The lowest BCUT2D eigenvalue weighted by Crippen LogP contribution is -2.47. The second kappa shape index (κ2) is 13.7. The predicted molar refractivity (Wildman–Crippen MR) is 176 cm³/mol. The van der Waals surface area contributed by atoms with Crippen LogP contribution in [0.3, 0.4) is 0 Å². The number of ether oxygens (including phenoxy) is 1. The van der Waals surface area contributed by atoms with Crippen molar-refractivity contribution in [3.8, 4) is 5.75 Å². The van der Waals surface area contributed by atoms with E-state index in [1.807, 2.05) is 24.3 Å². The van der Waals surface area contributed by atoms with Crippen LogP contribution in [-0.2, 0) is 13.2 Å². The molecule has 0 spiro atoms. The molecule has 3 fully saturated rings. The number of piperidine rings is 3. The maximum Gasteiger partial charge on any atom is 0.179 e. The van der Waals surface area contributed by atoms with Crippen LogP contribution >= 0.6 is 11.6 Å². The highest BCUT2D eigenvalue weighted by Gasteiger charge is 2.30. The van der Waals surface area contributed by atoms with Crippen LogP contribution in [0.1, 0.15) is 67.4 Å². The fourth-order valence-corrected chi connectivity index (χ4v) is 7.81. The second-order valence-electron chi connectivity index (χ2n) is 13.9. The van der Waals surface area contributed by atoms with Gasteiger partial charge in [-0.3, -0.25) is 9.69 Å². The number of aromatic nitrogens is 1. The lowest BCUT2D eigenvalue weighted by molar-refractivity contribution is -0.896. The number of para-hydroxylation sites is 1. The van der Waals surface area contributed by atoms with Gasteiger partial charge in [0.25, 0.3) is 0 Å². The van der Waals surface area contributed by atoms with E-state index in [9.17, 15) is 4.79 Å². The molecule has 6 nitrogen and oxygen atoms in total. The van der Waals surface area contributed by atoms with Gasteiger partial charge < -0.3 is 18.7 Å². The topological polar surface area (TPSA) is 37.7 Å². The summed E-state index contributed by atoms with van der Waals surface area (Å²) < 4.78 is 9.87. The first-order valence-electron chi connectivity index (χ1n) is 16.7. The van der Waals surface area contributed by atoms with Crippen LogP contribution in [-0.4, -0.2) is 90.6 Å². The molecule has 7 heteroatoms. The fraction of sp³-hybridized carbons (Fsp3) is 0.583. The molecule has 0 bridgehead atoms. The summed E-state index contributed by atoms with van der Waals surface area (Å²) in [5, 5.41) is 1.75. The molecule has 4 heterocycles. The highest BCUT2D eigenvalue weighted by molar-refractivity contribution is 6.30. The smallest absolute Gasteiger partial charge is 0.179 e. The van der Waals surface area contributed by atoms with Crippen LogP contribution in [0.5, 0.6) is 5.75 Å². The lowest BCUT2D eigenvalue weighted by atomic mass is 9.92. The number of halogens is 1. The Balaban J connectivity index is 1.22. The zero-order chi connectivity index (χ0) is 29.8. The van der Waals surface area contributed by atoms with E-state index in [2.05, 4.69) is 52.7 Å². The van der Waals surface area contributed by atoms with Gasteiger partial charge in [0, 0.05) is 41.6 Å². The molecule has 0 radical (unpaired) electrons. The highest BCUT2D eigenvalue weighted by Crippen LogP contribution is 2.32. The predicted octanol–water partition coefficient (Wildman–Crippen LogP) is 6.88. The van der Waals surface area contributed by atoms with E-state index in [1.165, 1.54) is 71.1 Å².